The molecule has 0 aliphatic carbocycles. The second kappa shape index (κ2) is 6.92. The van der Waals surface area contributed by atoms with Gasteiger partial charge in [0.1, 0.15) is 11.5 Å². The first kappa shape index (κ1) is 17.5. The van der Waals surface area contributed by atoms with E-state index in [1.54, 1.807) is 14.2 Å². The number of methoxy groups -OCH3 is 1. The van der Waals surface area contributed by atoms with E-state index >= 15 is 0 Å². The van der Waals surface area contributed by atoms with E-state index in [9.17, 15) is 13.2 Å². The highest BCUT2D eigenvalue weighted by atomic mass is 32.2. The quantitative estimate of drug-likeness (QED) is 0.811. The standard InChI is InChI=1S/C18H21NO5S/c1-19(15-7-8-25(21,22)12-15)18(20)11-24-17-6-4-13-3-5-16(23-2)9-14(13)10-17/h3-6,9-10,15H,7-8,11-12H2,1-2H3/t15-/m1/s1. The molecular formula is C18H21NO5S. The zero-order valence-corrected chi connectivity index (χ0v) is 15.1. The van der Waals surface area contributed by atoms with Gasteiger partial charge >= 0.3 is 0 Å². The Hall–Kier alpha value is -2.28. The third-order valence-corrected chi connectivity index (χ3v) is 6.28. The zero-order valence-electron chi connectivity index (χ0n) is 14.3. The number of nitrogens with zero attached hydrogens (tertiary/aromatic N) is 1. The van der Waals surface area contributed by atoms with Crippen LogP contribution in [0.15, 0.2) is 36.4 Å². The fourth-order valence-electron chi connectivity index (χ4n) is 2.95. The van der Waals surface area contributed by atoms with E-state index in [0.29, 0.717) is 12.2 Å². The van der Waals surface area contributed by atoms with Crippen LogP contribution in [0.2, 0.25) is 0 Å². The van der Waals surface area contributed by atoms with Crippen molar-refractivity contribution >= 4 is 26.5 Å². The fraction of sp³-hybridized carbons (Fsp3) is 0.389. The first-order valence-electron chi connectivity index (χ1n) is 8.05. The van der Waals surface area contributed by atoms with E-state index in [0.717, 1.165) is 16.5 Å². The van der Waals surface area contributed by atoms with Gasteiger partial charge in [-0.15, -0.1) is 0 Å². The average Bonchev–Trinajstić information content (AvgIpc) is 2.98. The van der Waals surface area contributed by atoms with Gasteiger partial charge in [-0.1, -0.05) is 12.1 Å². The zero-order chi connectivity index (χ0) is 18.0. The van der Waals surface area contributed by atoms with Gasteiger partial charge in [-0.25, -0.2) is 8.42 Å². The van der Waals surface area contributed by atoms with Gasteiger partial charge in [-0.2, -0.15) is 0 Å². The van der Waals surface area contributed by atoms with Gasteiger partial charge in [0.15, 0.2) is 16.4 Å². The van der Waals surface area contributed by atoms with E-state index in [2.05, 4.69) is 0 Å². The van der Waals surface area contributed by atoms with Crippen molar-refractivity contribution in [1.82, 2.24) is 4.90 Å². The van der Waals surface area contributed by atoms with Crippen LogP contribution >= 0.6 is 0 Å². The number of likely N-dealkylation sites (N-methyl/N-ethyl adjacent to an activating group) is 1. The molecule has 6 nitrogen and oxygen atoms in total. The van der Waals surface area contributed by atoms with E-state index in [1.165, 1.54) is 4.90 Å². The molecule has 0 radical (unpaired) electrons. The number of carbonyl (C=O) groups excluding carboxylic acids is 1. The van der Waals surface area contributed by atoms with Crippen LogP contribution in [0.4, 0.5) is 0 Å². The van der Waals surface area contributed by atoms with Crippen LogP contribution in [-0.2, 0) is 14.6 Å². The van der Waals surface area contributed by atoms with E-state index in [1.807, 2.05) is 36.4 Å². The lowest BCUT2D eigenvalue weighted by molar-refractivity contribution is -0.133. The van der Waals surface area contributed by atoms with Crippen LogP contribution < -0.4 is 9.47 Å². The summed E-state index contributed by atoms with van der Waals surface area (Å²) in [5.41, 5.74) is 0. The van der Waals surface area contributed by atoms with Gasteiger partial charge in [0, 0.05) is 13.1 Å². The number of carbonyl (C=O) groups is 1. The molecule has 0 bridgehead atoms. The van der Waals surface area contributed by atoms with Crippen LogP contribution in [0.3, 0.4) is 0 Å². The normalized spacial score (nSPS) is 18.9. The van der Waals surface area contributed by atoms with Crippen LogP contribution in [0, 0.1) is 0 Å². The lowest BCUT2D eigenvalue weighted by Gasteiger charge is -2.23. The highest BCUT2D eigenvalue weighted by Crippen LogP contribution is 2.25. The van der Waals surface area contributed by atoms with Crippen molar-refractivity contribution in [1.29, 1.82) is 0 Å². The largest absolute Gasteiger partial charge is 0.497 e. The molecule has 0 saturated carbocycles. The number of amides is 1. The first-order valence-corrected chi connectivity index (χ1v) is 9.87. The second-order valence-corrected chi connectivity index (χ2v) is 8.45. The van der Waals surface area contributed by atoms with Crippen molar-refractivity contribution in [3.63, 3.8) is 0 Å². The Morgan fingerprint density at radius 2 is 1.84 bits per heavy atom. The van der Waals surface area contributed by atoms with Crippen molar-refractivity contribution in [2.24, 2.45) is 0 Å². The number of hydrogen-bond donors (Lipinski definition) is 0. The Labute approximate surface area is 147 Å². The molecule has 0 unspecified atom stereocenters. The molecule has 25 heavy (non-hydrogen) atoms. The Morgan fingerprint density at radius 1 is 1.16 bits per heavy atom. The molecule has 7 heteroatoms. The van der Waals surface area contributed by atoms with Crippen LogP contribution in [-0.4, -0.2) is 57.5 Å². The number of fused-ring (bicyclic) bond motifs is 1. The summed E-state index contributed by atoms with van der Waals surface area (Å²) in [5, 5.41) is 2.01. The fourth-order valence-corrected chi connectivity index (χ4v) is 4.73. The van der Waals surface area contributed by atoms with Gasteiger partial charge < -0.3 is 14.4 Å². The summed E-state index contributed by atoms with van der Waals surface area (Å²) in [6, 6.07) is 11.1. The van der Waals surface area contributed by atoms with Gasteiger partial charge in [0.05, 0.1) is 18.6 Å². The van der Waals surface area contributed by atoms with Crippen LogP contribution in [0.25, 0.3) is 10.8 Å². The molecule has 1 fully saturated rings. The summed E-state index contributed by atoms with van der Waals surface area (Å²) < 4.78 is 33.9. The number of sulfone groups is 1. The van der Waals surface area contributed by atoms with Crippen molar-refractivity contribution in [2.75, 3.05) is 32.3 Å². The monoisotopic (exact) mass is 363 g/mol. The predicted octanol–water partition coefficient (Wildman–Crippen LogP) is 1.87. The number of hydrogen-bond acceptors (Lipinski definition) is 5. The maximum absolute atomic E-state index is 12.3. The molecule has 1 amide bonds. The molecular weight excluding hydrogens is 342 g/mol. The van der Waals surface area contributed by atoms with Crippen molar-refractivity contribution in [3.8, 4) is 11.5 Å². The van der Waals surface area contributed by atoms with Crippen molar-refractivity contribution in [2.45, 2.75) is 12.5 Å². The molecule has 1 aliphatic heterocycles. The number of benzene rings is 2. The van der Waals surface area contributed by atoms with E-state index in [-0.39, 0.29) is 30.1 Å². The van der Waals surface area contributed by atoms with Gasteiger partial charge in [-0.3, -0.25) is 4.79 Å². The Morgan fingerprint density at radius 3 is 2.48 bits per heavy atom. The van der Waals surface area contributed by atoms with Crippen molar-refractivity contribution in [3.05, 3.63) is 36.4 Å². The highest BCUT2D eigenvalue weighted by Gasteiger charge is 2.32. The first-order chi connectivity index (χ1) is 11.9. The SMILES string of the molecule is COc1ccc2ccc(OCC(=O)N(C)[C@@H]3CCS(=O)(=O)C3)cc2c1. The summed E-state index contributed by atoms with van der Waals surface area (Å²) in [4.78, 5) is 13.7. The molecule has 0 aromatic heterocycles. The predicted molar refractivity (Wildman–Crippen MR) is 95.8 cm³/mol. The molecule has 3 rings (SSSR count). The Kier molecular flexibility index (Phi) is 4.85. The Balaban J connectivity index is 1.64. The van der Waals surface area contributed by atoms with Gasteiger partial charge in [0.2, 0.25) is 0 Å². The molecule has 1 atom stereocenters. The summed E-state index contributed by atoms with van der Waals surface area (Å²) in [7, 11) is 0.219. The lowest BCUT2D eigenvalue weighted by Crippen LogP contribution is -2.40. The molecule has 1 aliphatic rings. The van der Waals surface area contributed by atoms with Gasteiger partial charge in [0.25, 0.3) is 5.91 Å². The van der Waals surface area contributed by atoms with Crippen molar-refractivity contribution < 1.29 is 22.7 Å². The molecule has 0 spiro atoms. The lowest BCUT2D eigenvalue weighted by atomic mass is 10.1. The minimum absolute atomic E-state index is 0.0327. The summed E-state index contributed by atoms with van der Waals surface area (Å²) >= 11 is 0. The smallest absolute Gasteiger partial charge is 0.260 e. The van der Waals surface area contributed by atoms with Gasteiger partial charge in [-0.05, 0) is 41.5 Å². The van der Waals surface area contributed by atoms with E-state index < -0.39 is 9.84 Å². The maximum atomic E-state index is 12.3. The third kappa shape index (κ3) is 4.04. The third-order valence-electron chi connectivity index (χ3n) is 4.53. The molecule has 134 valence electrons. The second-order valence-electron chi connectivity index (χ2n) is 6.23. The minimum Gasteiger partial charge on any atom is -0.497 e. The molecule has 2 aromatic rings. The molecule has 1 heterocycles. The topological polar surface area (TPSA) is 72.9 Å². The summed E-state index contributed by atoms with van der Waals surface area (Å²) in [5.74, 6) is 1.28. The number of rotatable bonds is 5. The minimum atomic E-state index is -3.02. The highest BCUT2D eigenvalue weighted by molar-refractivity contribution is 7.91. The molecule has 0 N–H and O–H groups in total. The maximum Gasteiger partial charge on any atom is 0.260 e. The van der Waals surface area contributed by atoms with E-state index in [4.69, 9.17) is 9.47 Å². The summed E-state index contributed by atoms with van der Waals surface area (Å²) in [6.45, 7) is -0.122. The summed E-state index contributed by atoms with van der Waals surface area (Å²) in [6.07, 6.45) is 0.486. The van der Waals surface area contributed by atoms with Crippen LogP contribution in [0.1, 0.15) is 6.42 Å². The molecule has 2 aromatic carbocycles. The van der Waals surface area contributed by atoms with Crippen LogP contribution in [0.5, 0.6) is 11.5 Å². The average molecular weight is 363 g/mol. The number of ether oxygens (including phenoxy) is 2. The Bertz CT molecular complexity index is 893. The molecule has 1 saturated heterocycles.